The van der Waals surface area contributed by atoms with Crippen LogP contribution in [0.2, 0.25) is 0 Å². The molecule has 156 valence electrons. The minimum atomic E-state index is -0.654. The maximum atomic E-state index is 13.4. The number of aryl methyl sites for hydroxylation is 1. The predicted octanol–water partition coefficient (Wildman–Crippen LogP) is 2.47. The van der Waals surface area contributed by atoms with Gasteiger partial charge in [-0.15, -0.1) is 0 Å². The lowest BCUT2D eigenvalue weighted by Crippen LogP contribution is -2.51. The molecule has 6 nitrogen and oxygen atoms in total. The lowest BCUT2D eigenvalue weighted by Gasteiger charge is -2.36. The van der Waals surface area contributed by atoms with Gasteiger partial charge in [0.2, 0.25) is 11.8 Å². The standard InChI is InChI=1S/C24H26N2O4/c1-16-7-9-17(10-8-16)13-25-14-20(12-22(25)27)23(28)26-15-19-6-4-3-5-18(19)11-21(26)24(29)30-2/h3-10,20-21H,11-15H2,1-2H3. The third-order valence-corrected chi connectivity index (χ3v) is 6.06. The van der Waals surface area contributed by atoms with Crippen LogP contribution in [0.3, 0.4) is 0 Å². The predicted molar refractivity (Wildman–Crippen MR) is 111 cm³/mol. The molecule has 2 unspecified atom stereocenters. The summed E-state index contributed by atoms with van der Waals surface area (Å²) in [5, 5.41) is 0. The van der Waals surface area contributed by atoms with E-state index < -0.39 is 17.9 Å². The zero-order valence-corrected chi connectivity index (χ0v) is 17.3. The molecule has 4 rings (SSSR count). The Morgan fingerprint density at radius 3 is 2.43 bits per heavy atom. The summed E-state index contributed by atoms with van der Waals surface area (Å²) in [7, 11) is 1.34. The Bertz CT molecular complexity index is 969. The Labute approximate surface area is 176 Å². The van der Waals surface area contributed by atoms with Crippen LogP contribution in [0.5, 0.6) is 0 Å². The van der Waals surface area contributed by atoms with Crippen LogP contribution in [0.25, 0.3) is 0 Å². The Morgan fingerprint density at radius 2 is 1.73 bits per heavy atom. The summed E-state index contributed by atoms with van der Waals surface area (Å²) in [6.45, 7) is 3.25. The quantitative estimate of drug-likeness (QED) is 0.732. The Kier molecular flexibility index (Phi) is 5.57. The van der Waals surface area contributed by atoms with E-state index in [9.17, 15) is 14.4 Å². The fourth-order valence-electron chi connectivity index (χ4n) is 4.34. The molecule has 0 N–H and O–H groups in total. The molecule has 2 aromatic carbocycles. The summed E-state index contributed by atoms with van der Waals surface area (Å²) in [5.74, 6) is -1.04. The van der Waals surface area contributed by atoms with Crippen molar-refractivity contribution in [3.05, 3.63) is 70.8 Å². The number of nitrogens with zero attached hydrogens (tertiary/aromatic N) is 2. The molecule has 6 heteroatoms. The van der Waals surface area contributed by atoms with Crippen LogP contribution in [0.4, 0.5) is 0 Å². The number of carbonyl (C=O) groups excluding carboxylic acids is 3. The Morgan fingerprint density at radius 1 is 1.03 bits per heavy atom. The van der Waals surface area contributed by atoms with Crippen LogP contribution in [0, 0.1) is 12.8 Å². The molecule has 0 bridgehead atoms. The second kappa shape index (κ2) is 8.30. The first-order valence-electron chi connectivity index (χ1n) is 10.2. The van der Waals surface area contributed by atoms with Crippen molar-refractivity contribution in [2.24, 2.45) is 5.92 Å². The van der Waals surface area contributed by atoms with Crippen molar-refractivity contribution >= 4 is 17.8 Å². The van der Waals surface area contributed by atoms with Crippen LogP contribution in [0.15, 0.2) is 48.5 Å². The first-order chi connectivity index (χ1) is 14.5. The number of ether oxygens (including phenoxy) is 1. The fourth-order valence-corrected chi connectivity index (χ4v) is 4.34. The molecule has 30 heavy (non-hydrogen) atoms. The summed E-state index contributed by atoms with van der Waals surface area (Å²) < 4.78 is 4.97. The molecule has 0 aromatic heterocycles. The number of hydrogen-bond acceptors (Lipinski definition) is 4. The van der Waals surface area contributed by atoms with Crippen molar-refractivity contribution in [2.45, 2.75) is 38.9 Å². The van der Waals surface area contributed by atoms with Gasteiger partial charge in [0.05, 0.1) is 13.0 Å². The molecule has 0 spiro atoms. The van der Waals surface area contributed by atoms with Gasteiger partial charge in [-0.25, -0.2) is 4.79 Å². The van der Waals surface area contributed by atoms with Gasteiger partial charge in [0, 0.05) is 32.5 Å². The lowest BCUT2D eigenvalue weighted by atomic mass is 9.92. The van der Waals surface area contributed by atoms with E-state index in [1.165, 1.54) is 12.7 Å². The molecular weight excluding hydrogens is 380 g/mol. The zero-order chi connectivity index (χ0) is 21.3. The van der Waals surface area contributed by atoms with Gasteiger partial charge in [0.15, 0.2) is 0 Å². The number of carbonyl (C=O) groups is 3. The Balaban J connectivity index is 1.50. The molecule has 0 radical (unpaired) electrons. The Hall–Kier alpha value is -3.15. The maximum absolute atomic E-state index is 13.4. The third kappa shape index (κ3) is 3.95. The van der Waals surface area contributed by atoms with E-state index in [4.69, 9.17) is 4.74 Å². The summed E-state index contributed by atoms with van der Waals surface area (Å²) in [6, 6.07) is 15.2. The van der Waals surface area contributed by atoms with E-state index in [-0.39, 0.29) is 18.2 Å². The number of fused-ring (bicyclic) bond motifs is 1. The van der Waals surface area contributed by atoms with E-state index >= 15 is 0 Å². The van der Waals surface area contributed by atoms with Crippen molar-refractivity contribution in [1.82, 2.24) is 9.80 Å². The van der Waals surface area contributed by atoms with E-state index in [0.29, 0.717) is 26.1 Å². The van der Waals surface area contributed by atoms with Gasteiger partial charge in [-0.05, 0) is 23.6 Å². The van der Waals surface area contributed by atoms with E-state index in [2.05, 4.69) is 0 Å². The van der Waals surface area contributed by atoms with Gasteiger partial charge in [0.1, 0.15) is 6.04 Å². The highest BCUT2D eigenvalue weighted by molar-refractivity contribution is 5.92. The number of amides is 2. The van der Waals surface area contributed by atoms with E-state index in [1.54, 1.807) is 9.80 Å². The van der Waals surface area contributed by atoms with Gasteiger partial charge >= 0.3 is 5.97 Å². The number of esters is 1. The molecule has 2 aliphatic heterocycles. The highest BCUT2D eigenvalue weighted by Gasteiger charge is 2.42. The molecule has 2 atom stereocenters. The lowest BCUT2D eigenvalue weighted by molar-refractivity contribution is -0.155. The second-order valence-corrected chi connectivity index (χ2v) is 8.14. The largest absolute Gasteiger partial charge is 0.467 e. The van der Waals surface area contributed by atoms with Crippen LogP contribution in [-0.4, -0.2) is 47.3 Å². The third-order valence-electron chi connectivity index (χ3n) is 6.06. The number of hydrogen-bond donors (Lipinski definition) is 0. The molecule has 2 heterocycles. The van der Waals surface area contributed by atoms with Crippen molar-refractivity contribution in [1.29, 1.82) is 0 Å². The molecule has 2 aromatic rings. The van der Waals surface area contributed by atoms with Gasteiger partial charge in [-0.3, -0.25) is 9.59 Å². The minimum Gasteiger partial charge on any atom is -0.467 e. The van der Waals surface area contributed by atoms with E-state index in [1.807, 2.05) is 55.5 Å². The fraction of sp³-hybridized carbons (Fsp3) is 0.375. The SMILES string of the molecule is COC(=O)C1Cc2ccccc2CN1C(=O)C1CC(=O)N(Cc2ccc(C)cc2)C1. The normalized spacial score (nSPS) is 20.8. The van der Waals surface area contributed by atoms with Gasteiger partial charge in [-0.1, -0.05) is 54.1 Å². The van der Waals surface area contributed by atoms with Crippen molar-refractivity contribution in [3.8, 4) is 0 Å². The summed E-state index contributed by atoms with van der Waals surface area (Å²) in [4.78, 5) is 41.7. The monoisotopic (exact) mass is 406 g/mol. The average molecular weight is 406 g/mol. The highest BCUT2D eigenvalue weighted by Crippen LogP contribution is 2.29. The van der Waals surface area contributed by atoms with Crippen LogP contribution in [0.1, 0.15) is 28.7 Å². The van der Waals surface area contributed by atoms with Crippen molar-refractivity contribution in [3.63, 3.8) is 0 Å². The second-order valence-electron chi connectivity index (χ2n) is 8.14. The molecular formula is C24H26N2O4. The maximum Gasteiger partial charge on any atom is 0.328 e. The molecule has 0 saturated carbocycles. The number of methoxy groups -OCH3 is 1. The van der Waals surface area contributed by atoms with E-state index in [0.717, 1.165) is 16.7 Å². The molecule has 1 fully saturated rings. The van der Waals surface area contributed by atoms with Crippen molar-refractivity contribution in [2.75, 3.05) is 13.7 Å². The van der Waals surface area contributed by atoms with Crippen LogP contribution >= 0.6 is 0 Å². The summed E-state index contributed by atoms with van der Waals surface area (Å²) in [5.41, 5.74) is 4.30. The molecule has 1 saturated heterocycles. The molecule has 2 aliphatic rings. The van der Waals surface area contributed by atoms with Gasteiger partial charge in [0.25, 0.3) is 0 Å². The number of benzene rings is 2. The first-order valence-corrected chi connectivity index (χ1v) is 10.2. The van der Waals surface area contributed by atoms with Crippen LogP contribution in [-0.2, 0) is 38.6 Å². The first kappa shape index (κ1) is 20.1. The number of rotatable bonds is 4. The highest BCUT2D eigenvalue weighted by atomic mass is 16.5. The van der Waals surface area contributed by atoms with Crippen molar-refractivity contribution < 1.29 is 19.1 Å². The zero-order valence-electron chi connectivity index (χ0n) is 17.3. The van der Waals surface area contributed by atoms with Gasteiger partial charge in [-0.2, -0.15) is 0 Å². The topological polar surface area (TPSA) is 66.9 Å². The molecule has 2 amide bonds. The minimum absolute atomic E-state index is 0.0269. The summed E-state index contributed by atoms with van der Waals surface area (Å²) >= 11 is 0. The number of likely N-dealkylation sites (tertiary alicyclic amines) is 1. The summed E-state index contributed by atoms with van der Waals surface area (Å²) in [6.07, 6.45) is 0.610. The smallest absolute Gasteiger partial charge is 0.328 e. The van der Waals surface area contributed by atoms with Gasteiger partial charge < -0.3 is 14.5 Å². The average Bonchev–Trinajstić information content (AvgIpc) is 3.13. The molecule has 0 aliphatic carbocycles. The van der Waals surface area contributed by atoms with Crippen LogP contribution < -0.4 is 0 Å².